The summed E-state index contributed by atoms with van der Waals surface area (Å²) in [6.07, 6.45) is 3.07. The van der Waals surface area contributed by atoms with E-state index in [9.17, 15) is 4.79 Å². The molecule has 0 saturated carbocycles. The molecule has 0 spiro atoms. The van der Waals surface area contributed by atoms with Crippen molar-refractivity contribution in [2.45, 2.75) is 45.4 Å². The largest absolute Gasteiger partial charge is 0.489 e. The van der Waals surface area contributed by atoms with E-state index in [1.165, 1.54) is 5.56 Å². The second-order valence-electron chi connectivity index (χ2n) is 8.26. The maximum Gasteiger partial charge on any atom is 0.197 e. The molecule has 0 N–H and O–H groups in total. The molecule has 0 aliphatic carbocycles. The van der Waals surface area contributed by atoms with E-state index in [2.05, 4.69) is 28.8 Å². The zero-order chi connectivity index (χ0) is 21.2. The first-order chi connectivity index (χ1) is 15.2. The van der Waals surface area contributed by atoms with Gasteiger partial charge in [0.1, 0.15) is 19.0 Å². The van der Waals surface area contributed by atoms with Gasteiger partial charge < -0.3 is 18.8 Å². The van der Waals surface area contributed by atoms with Crippen molar-refractivity contribution in [1.82, 2.24) is 4.57 Å². The Bertz CT molecular complexity index is 1130. The summed E-state index contributed by atoms with van der Waals surface area (Å²) in [6.45, 7) is 4.48. The second-order valence-corrected chi connectivity index (χ2v) is 8.26. The summed E-state index contributed by atoms with van der Waals surface area (Å²) >= 11 is 0. The van der Waals surface area contributed by atoms with Crippen molar-refractivity contribution in [2.24, 2.45) is 0 Å². The van der Waals surface area contributed by atoms with E-state index in [1.807, 2.05) is 31.2 Å². The van der Waals surface area contributed by atoms with E-state index in [4.69, 9.17) is 14.2 Å². The van der Waals surface area contributed by atoms with Gasteiger partial charge in [0.05, 0.1) is 11.8 Å². The monoisotopic (exact) mass is 417 g/mol. The van der Waals surface area contributed by atoms with Crippen molar-refractivity contribution in [1.29, 1.82) is 0 Å². The van der Waals surface area contributed by atoms with Gasteiger partial charge in [-0.15, -0.1) is 0 Å². The molecule has 31 heavy (non-hydrogen) atoms. The zero-order valence-electron chi connectivity index (χ0n) is 17.8. The van der Waals surface area contributed by atoms with Crippen molar-refractivity contribution in [3.05, 3.63) is 81.5 Å². The van der Waals surface area contributed by atoms with E-state index in [0.717, 1.165) is 60.5 Å². The van der Waals surface area contributed by atoms with Crippen LogP contribution in [0.2, 0.25) is 0 Å². The van der Waals surface area contributed by atoms with Crippen LogP contribution in [0.1, 0.15) is 29.5 Å². The highest BCUT2D eigenvalue weighted by Gasteiger charge is 2.24. The highest BCUT2D eigenvalue weighted by atomic mass is 16.5. The zero-order valence-corrected chi connectivity index (χ0v) is 17.8. The quantitative estimate of drug-likeness (QED) is 0.592. The number of benzene rings is 2. The fourth-order valence-electron chi connectivity index (χ4n) is 4.44. The Kier molecular flexibility index (Phi) is 5.51. The predicted molar refractivity (Wildman–Crippen MR) is 120 cm³/mol. The smallest absolute Gasteiger partial charge is 0.197 e. The first-order valence-corrected chi connectivity index (χ1v) is 11.0. The average molecular weight is 418 g/mol. The standard InChI is InChI=1S/C26H27NO4/c1-18-24(28)15-25(31-17-22-8-5-13-29-22)27-12-11-20-14-21(9-10-23(20)26(18)27)30-16-19-6-3-2-4-7-19/h2-4,6-7,9-10,14-15,22H,5,8,11-13,16-17H2,1H3/t22-/m0/s1. The number of aromatic nitrogens is 1. The molecular weight excluding hydrogens is 390 g/mol. The summed E-state index contributed by atoms with van der Waals surface area (Å²) in [6, 6.07) is 17.9. The molecule has 1 fully saturated rings. The molecule has 160 valence electrons. The van der Waals surface area contributed by atoms with Crippen molar-refractivity contribution in [3.63, 3.8) is 0 Å². The number of fused-ring (bicyclic) bond motifs is 3. The Morgan fingerprint density at radius 3 is 2.77 bits per heavy atom. The normalized spacial score (nSPS) is 17.1. The van der Waals surface area contributed by atoms with Crippen molar-refractivity contribution >= 4 is 0 Å². The third kappa shape index (κ3) is 4.10. The lowest BCUT2D eigenvalue weighted by atomic mass is 9.94. The van der Waals surface area contributed by atoms with E-state index >= 15 is 0 Å². The van der Waals surface area contributed by atoms with Gasteiger partial charge in [0.2, 0.25) is 0 Å². The van der Waals surface area contributed by atoms with Crippen molar-refractivity contribution in [2.75, 3.05) is 13.2 Å². The molecule has 0 amide bonds. The van der Waals surface area contributed by atoms with Crippen molar-refractivity contribution in [3.8, 4) is 22.9 Å². The highest BCUT2D eigenvalue weighted by Crippen LogP contribution is 2.36. The van der Waals surface area contributed by atoms with Gasteiger partial charge in [0.15, 0.2) is 11.3 Å². The maximum atomic E-state index is 12.7. The third-order valence-electron chi connectivity index (χ3n) is 6.14. The topological polar surface area (TPSA) is 49.7 Å². The Balaban J connectivity index is 1.41. The SMILES string of the molecule is Cc1c2n(c(OC[C@@H]3CCCO3)cc1=O)CCc1cc(OCc3ccccc3)ccc1-2. The molecule has 2 aliphatic heterocycles. The maximum absolute atomic E-state index is 12.7. The fraction of sp³-hybridized carbons (Fsp3) is 0.346. The molecular formula is C26H27NO4. The molecule has 3 heterocycles. The summed E-state index contributed by atoms with van der Waals surface area (Å²) in [7, 11) is 0. The van der Waals surface area contributed by atoms with Crippen LogP contribution in [0, 0.1) is 6.92 Å². The van der Waals surface area contributed by atoms with Crippen LogP contribution in [0.5, 0.6) is 11.6 Å². The first kappa shape index (κ1) is 19.9. The fourth-order valence-corrected chi connectivity index (χ4v) is 4.44. The number of pyridine rings is 1. The lowest BCUT2D eigenvalue weighted by Gasteiger charge is -2.27. The Hall–Kier alpha value is -3.05. The number of nitrogens with zero attached hydrogens (tertiary/aromatic N) is 1. The van der Waals surface area contributed by atoms with E-state index < -0.39 is 0 Å². The van der Waals surface area contributed by atoms with Crippen LogP contribution in [0.4, 0.5) is 0 Å². The Morgan fingerprint density at radius 2 is 1.97 bits per heavy atom. The van der Waals surface area contributed by atoms with E-state index in [0.29, 0.717) is 19.1 Å². The molecule has 2 aromatic carbocycles. The molecule has 2 aliphatic rings. The minimum Gasteiger partial charge on any atom is -0.489 e. The molecule has 0 radical (unpaired) electrons. The molecule has 5 nitrogen and oxygen atoms in total. The predicted octanol–water partition coefficient (Wildman–Crippen LogP) is 4.52. The summed E-state index contributed by atoms with van der Waals surface area (Å²) in [5.41, 5.74) is 5.13. The molecule has 1 aromatic heterocycles. The number of hydrogen-bond donors (Lipinski definition) is 0. The van der Waals surface area contributed by atoms with Crippen LogP contribution < -0.4 is 14.9 Å². The average Bonchev–Trinajstić information content (AvgIpc) is 3.33. The summed E-state index contributed by atoms with van der Waals surface area (Å²) in [5.74, 6) is 1.48. The number of aryl methyl sites for hydroxylation is 1. The molecule has 5 rings (SSSR count). The summed E-state index contributed by atoms with van der Waals surface area (Å²) in [4.78, 5) is 12.7. The van der Waals surface area contributed by atoms with Gasteiger partial charge >= 0.3 is 0 Å². The number of ether oxygens (including phenoxy) is 3. The van der Waals surface area contributed by atoms with Crippen LogP contribution in [-0.2, 0) is 24.3 Å². The van der Waals surface area contributed by atoms with Gasteiger partial charge in [0.25, 0.3) is 0 Å². The van der Waals surface area contributed by atoms with Crippen LogP contribution in [0.25, 0.3) is 11.3 Å². The number of hydrogen-bond acceptors (Lipinski definition) is 4. The second kappa shape index (κ2) is 8.60. The molecule has 5 heteroatoms. The van der Waals surface area contributed by atoms with Crippen LogP contribution in [-0.4, -0.2) is 23.9 Å². The highest BCUT2D eigenvalue weighted by molar-refractivity contribution is 5.70. The third-order valence-corrected chi connectivity index (χ3v) is 6.14. The van der Waals surface area contributed by atoms with Crippen LogP contribution >= 0.6 is 0 Å². The van der Waals surface area contributed by atoms with Crippen LogP contribution in [0.3, 0.4) is 0 Å². The molecule has 1 saturated heterocycles. The Morgan fingerprint density at radius 1 is 1.10 bits per heavy atom. The first-order valence-electron chi connectivity index (χ1n) is 11.0. The van der Waals surface area contributed by atoms with Crippen molar-refractivity contribution < 1.29 is 14.2 Å². The molecule has 0 bridgehead atoms. The summed E-state index contributed by atoms with van der Waals surface area (Å²) in [5, 5.41) is 0. The van der Waals surface area contributed by atoms with Gasteiger partial charge in [0, 0.05) is 30.3 Å². The van der Waals surface area contributed by atoms with E-state index in [-0.39, 0.29) is 11.5 Å². The van der Waals surface area contributed by atoms with Gasteiger partial charge in [-0.25, -0.2) is 0 Å². The van der Waals surface area contributed by atoms with E-state index in [1.54, 1.807) is 6.07 Å². The van der Waals surface area contributed by atoms with Crippen LogP contribution in [0.15, 0.2) is 59.4 Å². The Labute approximate surface area is 182 Å². The lowest BCUT2D eigenvalue weighted by molar-refractivity contribution is 0.0646. The van der Waals surface area contributed by atoms with Gasteiger partial charge in [-0.1, -0.05) is 30.3 Å². The molecule has 3 aromatic rings. The van der Waals surface area contributed by atoms with Gasteiger partial charge in [-0.3, -0.25) is 4.79 Å². The van der Waals surface area contributed by atoms with Gasteiger partial charge in [-0.2, -0.15) is 0 Å². The minimum absolute atomic E-state index is 0.00541. The summed E-state index contributed by atoms with van der Waals surface area (Å²) < 4.78 is 19.9. The molecule has 1 atom stereocenters. The minimum atomic E-state index is 0.00541. The van der Waals surface area contributed by atoms with Gasteiger partial charge in [-0.05, 0) is 55.5 Å². The lowest BCUT2D eigenvalue weighted by Crippen LogP contribution is -2.24. The number of rotatable bonds is 6. The molecule has 0 unspecified atom stereocenters.